The van der Waals surface area contributed by atoms with Gasteiger partial charge in [-0.2, -0.15) is 0 Å². The van der Waals surface area contributed by atoms with Gasteiger partial charge in [-0.3, -0.25) is 14.2 Å². The highest BCUT2D eigenvalue weighted by Crippen LogP contribution is 2.30. The first-order valence-electron chi connectivity index (χ1n) is 9.74. The molecule has 0 aliphatic carbocycles. The van der Waals surface area contributed by atoms with Crippen LogP contribution in [-0.2, 0) is 4.79 Å². The molecule has 0 saturated carbocycles. The monoisotopic (exact) mass is 429 g/mol. The molecule has 1 amide bonds. The second kappa shape index (κ2) is 8.71. The fourth-order valence-electron chi connectivity index (χ4n) is 3.36. The van der Waals surface area contributed by atoms with E-state index < -0.39 is 0 Å². The standard InChI is InChI=1S/C22H27N3O2S2/c1-13(2)24(17-10-8-7-9-11-17)18(26)12-28-22-23-20-19(15(5)16(6)29-20)21(27)25(22)14(3)4/h7-11,13-14H,12H2,1-6H3. The molecule has 0 saturated heterocycles. The lowest BCUT2D eigenvalue weighted by Crippen LogP contribution is -2.38. The highest BCUT2D eigenvalue weighted by atomic mass is 32.2. The van der Waals surface area contributed by atoms with Gasteiger partial charge in [0.2, 0.25) is 5.91 Å². The number of nitrogens with zero attached hydrogens (tertiary/aromatic N) is 3. The van der Waals surface area contributed by atoms with Crippen LogP contribution in [0.25, 0.3) is 10.2 Å². The maximum atomic E-state index is 13.2. The number of thiophene rings is 1. The first-order chi connectivity index (χ1) is 13.7. The largest absolute Gasteiger partial charge is 0.309 e. The van der Waals surface area contributed by atoms with Crippen LogP contribution in [0.5, 0.6) is 0 Å². The maximum Gasteiger partial charge on any atom is 0.263 e. The van der Waals surface area contributed by atoms with E-state index in [1.165, 1.54) is 23.1 Å². The number of amides is 1. The van der Waals surface area contributed by atoms with E-state index in [9.17, 15) is 9.59 Å². The van der Waals surface area contributed by atoms with E-state index in [4.69, 9.17) is 4.98 Å². The molecule has 0 atom stereocenters. The minimum absolute atomic E-state index is 0.000562. The Balaban J connectivity index is 1.94. The number of fused-ring (bicyclic) bond motifs is 1. The van der Waals surface area contributed by atoms with E-state index in [2.05, 4.69) is 0 Å². The fourth-order valence-corrected chi connectivity index (χ4v) is 5.42. The van der Waals surface area contributed by atoms with Crippen molar-refractivity contribution >= 4 is 44.9 Å². The second-order valence-corrected chi connectivity index (χ2v) is 9.75. The van der Waals surface area contributed by atoms with Crippen molar-refractivity contribution in [3.63, 3.8) is 0 Å². The van der Waals surface area contributed by atoms with Gasteiger partial charge < -0.3 is 4.90 Å². The predicted molar refractivity (Wildman–Crippen MR) is 124 cm³/mol. The van der Waals surface area contributed by atoms with Crippen molar-refractivity contribution in [3.8, 4) is 0 Å². The SMILES string of the molecule is Cc1sc2nc(SCC(=O)N(c3ccccc3)C(C)C)n(C(C)C)c(=O)c2c1C. The van der Waals surface area contributed by atoms with Crippen molar-refractivity contribution in [1.29, 1.82) is 0 Å². The Morgan fingerprint density at radius 3 is 2.41 bits per heavy atom. The van der Waals surface area contributed by atoms with Gasteiger partial charge in [0.15, 0.2) is 5.16 Å². The van der Waals surface area contributed by atoms with E-state index in [1.54, 1.807) is 9.47 Å². The van der Waals surface area contributed by atoms with E-state index >= 15 is 0 Å². The number of benzene rings is 1. The third-order valence-electron chi connectivity index (χ3n) is 4.86. The molecule has 0 unspecified atom stereocenters. The van der Waals surface area contributed by atoms with E-state index in [-0.39, 0.29) is 29.3 Å². The summed E-state index contributed by atoms with van der Waals surface area (Å²) in [5, 5.41) is 1.30. The topological polar surface area (TPSA) is 55.2 Å². The number of thioether (sulfide) groups is 1. The molecule has 3 aromatic rings. The second-order valence-electron chi connectivity index (χ2n) is 7.61. The molecular formula is C22H27N3O2S2. The molecule has 1 aromatic carbocycles. The zero-order valence-electron chi connectivity index (χ0n) is 17.7. The first kappa shape index (κ1) is 21.6. The molecule has 0 spiro atoms. The lowest BCUT2D eigenvalue weighted by atomic mass is 10.2. The van der Waals surface area contributed by atoms with Crippen molar-refractivity contribution in [2.75, 3.05) is 10.7 Å². The Morgan fingerprint density at radius 2 is 1.83 bits per heavy atom. The molecule has 0 aliphatic rings. The number of para-hydroxylation sites is 1. The van der Waals surface area contributed by atoms with E-state index in [1.807, 2.05) is 71.9 Å². The average molecular weight is 430 g/mol. The molecule has 0 radical (unpaired) electrons. The summed E-state index contributed by atoms with van der Waals surface area (Å²) in [6.45, 7) is 11.9. The summed E-state index contributed by atoms with van der Waals surface area (Å²) >= 11 is 2.87. The normalized spacial score (nSPS) is 11.6. The van der Waals surface area contributed by atoms with Crippen LogP contribution in [0.15, 0.2) is 40.3 Å². The van der Waals surface area contributed by atoms with Crippen molar-refractivity contribution in [3.05, 3.63) is 51.1 Å². The average Bonchev–Trinajstić information content (AvgIpc) is 2.94. The molecule has 5 nitrogen and oxygen atoms in total. The summed E-state index contributed by atoms with van der Waals surface area (Å²) in [6, 6.07) is 9.68. The van der Waals surface area contributed by atoms with Gasteiger partial charge in [-0.15, -0.1) is 11.3 Å². The summed E-state index contributed by atoms with van der Waals surface area (Å²) in [5.74, 6) is 0.223. The van der Waals surface area contributed by atoms with E-state index in [0.717, 1.165) is 21.0 Å². The zero-order chi connectivity index (χ0) is 21.3. The molecule has 3 rings (SSSR count). The van der Waals surface area contributed by atoms with Crippen molar-refractivity contribution in [2.45, 2.75) is 58.8 Å². The molecule has 29 heavy (non-hydrogen) atoms. The number of anilines is 1. The van der Waals surface area contributed by atoms with Gasteiger partial charge in [0.25, 0.3) is 5.56 Å². The Labute approximate surface area is 179 Å². The molecule has 0 aliphatic heterocycles. The molecule has 0 bridgehead atoms. The van der Waals surface area contributed by atoms with Gasteiger partial charge in [-0.1, -0.05) is 30.0 Å². The fraction of sp³-hybridized carbons (Fsp3) is 0.409. The molecule has 0 N–H and O–H groups in total. The number of hydrogen-bond acceptors (Lipinski definition) is 5. The Morgan fingerprint density at radius 1 is 1.17 bits per heavy atom. The van der Waals surface area contributed by atoms with E-state index in [0.29, 0.717) is 10.5 Å². The summed E-state index contributed by atoms with van der Waals surface area (Å²) < 4.78 is 1.71. The van der Waals surface area contributed by atoms with Crippen LogP contribution >= 0.6 is 23.1 Å². The van der Waals surface area contributed by atoms with Crippen LogP contribution in [0.1, 0.15) is 44.2 Å². The quantitative estimate of drug-likeness (QED) is 0.400. The summed E-state index contributed by atoms with van der Waals surface area (Å²) in [5.41, 5.74) is 1.85. The molecule has 7 heteroatoms. The lowest BCUT2D eigenvalue weighted by molar-refractivity contribution is -0.116. The smallest absolute Gasteiger partial charge is 0.263 e. The van der Waals surface area contributed by atoms with Crippen molar-refractivity contribution in [1.82, 2.24) is 9.55 Å². The van der Waals surface area contributed by atoms with Gasteiger partial charge in [-0.05, 0) is 59.2 Å². The predicted octanol–water partition coefficient (Wildman–Crippen LogP) is 5.19. The lowest BCUT2D eigenvalue weighted by Gasteiger charge is -2.27. The highest BCUT2D eigenvalue weighted by molar-refractivity contribution is 7.99. The van der Waals surface area contributed by atoms with Gasteiger partial charge >= 0.3 is 0 Å². The number of aromatic nitrogens is 2. The van der Waals surface area contributed by atoms with Gasteiger partial charge in [0.1, 0.15) is 4.83 Å². The highest BCUT2D eigenvalue weighted by Gasteiger charge is 2.22. The molecule has 0 fully saturated rings. The number of aryl methyl sites for hydroxylation is 2. The van der Waals surface area contributed by atoms with Crippen LogP contribution in [0, 0.1) is 13.8 Å². The Hall–Kier alpha value is -2.12. The molecular weight excluding hydrogens is 402 g/mol. The Bertz CT molecular complexity index is 1080. The minimum atomic E-state index is -0.0352. The van der Waals surface area contributed by atoms with Crippen LogP contribution in [0.3, 0.4) is 0 Å². The third kappa shape index (κ3) is 4.26. The number of carbonyl (C=O) groups excluding carboxylic acids is 1. The summed E-state index contributed by atoms with van der Waals surface area (Å²) in [4.78, 5) is 34.6. The number of carbonyl (C=O) groups is 1. The third-order valence-corrected chi connectivity index (χ3v) is 6.90. The summed E-state index contributed by atoms with van der Waals surface area (Å²) in [6.07, 6.45) is 0. The number of rotatable bonds is 6. The van der Waals surface area contributed by atoms with Crippen LogP contribution in [-0.4, -0.2) is 27.3 Å². The number of hydrogen-bond donors (Lipinski definition) is 0. The maximum absolute atomic E-state index is 13.2. The van der Waals surface area contributed by atoms with Gasteiger partial charge in [-0.25, -0.2) is 4.98 Å². The first-order valence-corrected chi connectivity index (χ1v) is 11.5. The molecule has 2 heterocycles. The minimum Gasteiger partial charge on any atom is -0.309 e. The zero-order valence-corrected chi connectivity index (χ0v) is 19.4. The van der Waals surface area contributed by atoms with Crippen LogP contribution < -0.4 is 10.5 Å². The van der Waals surface area contributed by atoms with Crippen molar-refractivity contribution < 1.29 is 4.79 Å². The molecule has 154 valence electrons. The van der Waals surface area contributed by atoms with Crippen molar-refractivity contribution in [2.24, 2.45) is 0 Å². The van der Waals surface area contributed by atoms with Crippen LogP contribution in [0.4, 0.5) is 5.69 Å². The van der Waals surface area contributed by atoms with Gasteiger partial charge in [0.05, 0.1) is 11.1 Å². The molecule has 2 aromatic heterocycles. The van der Waals surface area contributed by atoms with Crippen LogP contribution in [0.2, 0.25) is 0 Å². The Kier molecular flexibility index (Phi) is 6.49. The van der Waals surface area contributed by atoms with Gasteiger partial charge in [0, 0.05) is 22.6 Å². The summed E-state index contributed by atoms with van der Waals surface area (Å²) in [7, 11) is 0.